The Labute approximate surface area is 341 Å². The smallest absolute Gasteiger partial charge is 0.249 e. The van der Waals surface area contributed by atoms with E-state index in [-0.39, 0.29) is 6.61 Å². The lowest BCUT2D eigenvalue weighted by molar-refractivity contribution is -0.302. The van der Waals surface area contributed by atoms with Gasteiger partial charge in [0, 0.05) is 0 Å². The quantitative estimate of drug-likeness (QED) is 0.0186. The second-order valence-electron chi connectivity index (χ2n) is 16.0. The van der Waals surface area contributed by atoms with Crippen LogP contribution in [0.1, 0.15) is 187 Å². The van der Waals surface area contributed by atoms with Crippen LogP contribution in [0.2, 0.25) is 0 Å². The van der Waals surface area contributed by atoms with Crippen molar-refractivity contribution in [1.29, 1.82) is 0 Å². The van der Waals surface area contributed by atoms with Crippen molar-refractivity contribution in [3.63, 3.8) is 0 Å². The minimum absolute atomic E-state index is 0.302. The second-order valence-corrected chi connectivity index (χ2v) is 16.0. The van der Waals surface area contributed by atoms with Crippen LogP contribution in [0.25, 0.3) is 0 Å². The first-order valence-electron chi connectivity index (χ1n) is 22.8. The Balaban J connectivity index is 2.43. The summed E-state index contributed by atoms with van der Waals surface area (Å²) in [7, 11) is 0. The number of ether oxygens (including phenoxy) is 2. The maximum Gasteiger partial charge on any atom is 0.249 e. The Morgan fingerprint density at radius 2 is 1.09 bits per heavy atom. The van der Waals surface area contributed by atoms with Gasteiger partial charge in [-0.2, -0.15) is 0 Å². The highest BCUT2D eigenvalue weighted by Gasteiger charge is 2.44. The Kier molecular flexibility index (Phi) is 34.1. The fraction of sp³-hybridized carbons (Fsp3) is 0.848. The van der Waals surface area contributed by atoms with Crippen LogP contribution >= 0.6 is 0 Å². The van der Waals surface area contributed by atoms with E-state index in [1.165, 1.54) is 122 Å². The minimum atomic E-state index is -1.62. The molecule has 1 amide bonds. The van der Waals surface area contributed by atoms with E-state index in [1.54, 1.807) is 6.08 Å². The van der Waals surface area contributed by atoms with Crippen molar-refractivity contribution in [2.24, 2.45) is 0 Å². The molecule has 56 heavy (non-hydrogen) atoms. The predicted molar refractivity (Wildman–Crippen MR) is 227 cm³/mol. The number of carbonyl (C=O) groups excluding carboxylic acids is 1. The highest BCUT2D eigenvalue weighted by Crippen LogP contribution is 2.22. The fourth-order valence-corrected chi connectivity index (χ4v) is 7.06. The highest BCUT2D eigenvalue weighted by atomic mass is 16.7. The molecule has 1 aliphatic heterocycles. The van der Waals surface area contributed by atoms with Gasteiger partial charge < -0.3 is 45.4 Å². The maximum absolute atomic E-state index is 13.0. The number of hydrogen-bond donors (Lipinski definition) is 7. The van der Waals surface area contributed by atoms with Crippen molar-refractivity contribution in [2.75, 3.05) is 13.2 Å². The van der Waals surface area contributed by atoms with Gasteiger partial charge in [0.2, 0.25) is 5.91 Å². The molecular formula is C46H85NO9. The summed E-state index contributed by atoms with van der Waals surface area (Å²) in [6.07, 6.45) is 33.8. The van der Waals surface area contributed by atoms with Crippen molar-refractivity contribution in [3.8, 4) is 0 Å². The standard InChI is InChI=1S/C46H85NO9/c1-3-5-7-9-11-13-15-17-18-19-20-21-23-25-27-29-31-33-35-40(50)45(54)47-38(37-55-46-44(53)43(52)42(51)41(36-48)56-46)39(49)34-32-30-28-26-24-22-16-14-12-10-8-6-4-2/h16,22,24,26,32,34,38-44,46,48-53H,3-15,17-21,23,25,27-31,33,35-37H2,1-2H3,(H,47,54)/b22-16+,26-24+,34-32+/t38-,39+,40+,41+,42-,43-,44+,46+/m0/s1. The van der Waals surface area contributed by atoms with Crippen LogP contribution in [-0.2, 0) is 14.3 Å². The molecule has 1 aliphatic rings. The first-order valence-corrected chi connectivity index (χ1v) is 22.8. The molecule has 7 N–H and O–H groups in total. The Bertz CT molecular complexity index is 990. The molecule has 0 aliphatic carbocycles. The molecule has 1 rings (SSSR count). The molecule has 10 heteroatoms. The van der Waals surface area contributed by atoms with E-state index in [2.05, 4.69) is 37.4 Å². The lowest BCUT2D eigenvalue weighted by Crippen LogP contribution is -2.60. The Hall–Kier alpha value is -1.63. The molecule has 328 valence electrons. The molecule has 0 saturated carbocycles. The van der Waals surface area contributed by atoms with E-state index >= 15 is 0 Å². The van der Waals surface area contributed by atoms with Gasteiger partial charge in [0.25, 0.3) is 0 Å². The molecule has 10 nitrogen and oxygen atoms in total. The van der Waals surface area contributed by atoms with Gasteiger partial charge in [-0.25, -0.2) is 0 Å². The van der Waals surface area contributed by atoms with Crippen LogP contribution in [0.15, 0.2) is 36.5 Å². The SMILES string of the molecule is CCCCCCC/C=C/C=C/CC/C=C/[C@@H](O)[C@H](CO[C@@H]1O[C@H](CO)[C@H](O)[C@H](O)[C@H]1O)NC(=O)[C@H](O)CCCCCCCCCCCCCCCCCCCC. The summed E-state index contributed by atoms with van der Waals surface area (Å²) in [5.41, 5.74) is 0. The third-order valence-corrected chi connectivity index (χ3v) is 10.9. The van der Waals surface area contributed by atoms with E-state index in [9.17, 15) is 35.4 Å². The van der Waals surface area contributed by atoms with Gasteiger partial charge in [-0.1, -0.05) is 192 Å². The maximum atomic E-state index is 13.0. The summed E-state index contributed by atoms with van der Waals surface area (Å²) in [6, 6.07) is -1.00. The number of nitrogens with one attached hydrogen (secondary N) is 1. The third kappa shape index (κ3) is 26.4. The number of allylic oxidation sites excluding steroid dienone is 5. The average Bonchev–Trinajstić information content (AvgIpc) is 3.20. The van der Waals surface area contributed by atoms with Crippen LogP contribution in [0.4, 0.5) is 0 Å². The fourth-order valence-electron chi connectivity index (χ4n) is 7.06. The second kappa shape index (κ2) is 36.4. The summed E-state index contributed by atoms with van der Waals surface area (Å²) in [5, 5.41) is 64.5. The van der Waals surface area contributed by atoms with Crippen LogP contribution < -0.4 is 5.32 Å². The zero-order valence-corrected chi connectivity index (χ0v) is 35.5. The van der Waals surface area contributed by atoms with Gasteiger partial charge in [-0.05, 0) is 32.1 Å². The lowest BCUT2D eigenvalue weighted by Gasteiger charge is -2.40. The first kappa shape index (κ1) is 52.4. The zero-order chi connectivity index (χ0) is 41.1. The number of aliphatic hydroxyl groups excluding tert-OH is 6. The van der Waals surface area contributed by atoms with E-state index in [4.69, 9.17) is 9.47 Å². The molecule has 0 aromatic heterocycles. The molecule has 0 spiro atoms. The minimum Gasteiger partial charge on any atom is -0.394 e. The topological polar surface area (TPSA) is 169 Å². The molecule has 0 aromatic rings. The van der Waals surface area contributed by atoms with E-state index in [1.807, 2.05) is 12.2 Å². The summed E-state index contributed by atoms with van der Waals surface area (Å²) < 4.78 is 11.1. The average molecular weight is 796 g/mol. The number of aliphatic hydroxyl groups is 6. The van der Waals surface area contributed by atoms with Gasteiger partial charge in [0.05, 0.1) is 25.4 Å². The van der Waals surface area contributed by atoms with Crippen molar-refractivity contribution >= 4 is 5.91 Å². The van der Waals surface area contributed by atoms with Gasteiger partial charge >= 0.3 is 0 Å². The van der Waals surface area contributed by atoms with Crippen LogP contribution in [0.5, 0.6) is 0 Å². The van der Waals surface area contributed by atoms with Gasteiger partial charge in [0.1, 0.15) is 30.5 Å². The van der Waals surface area contributed by atoms with Crippen molar-refractivity contribution in [3.05, 3.63) is 36.5 Å². The highest BCUT2D eigenvalue weighted by molar-refractivity contribution is 5.80. The molecule has 8 atom stereocenters. The van der Waals surface area contributed by atoms with E-state index in [0.29, 0.717) is 19.3 Å². The van der Waals surface area contributed by atoms with Crippen molar-refractivity contribution in [1.82, 2.24) is 5.32 Å². The first-order chi connectivity index (χ1) is 27.3. The van der Waals surface area contributed by atoms with Gasteiger partial charge in [-0.15, -0.1) is 0 Å². The number of carbonyl (C=O) groups is 1. The largest absolute Gasteiger partial charge is 0.394 e. The molecule has 0 aromatic carbocycles. The number of amides is 1. The van der Waals surface area contributed by atoms with Gasteiger partial charge in [0.15, 0.2) is 6.29 Å². The Morgan fingerprint density at radius 3 is 1.61 bits per heavy atom. The molecule has 0 unspecified atom stereocenters. The summed E-state index contributed by atoms with van der Waals surface area (Å²) in [6.45, 7) is 3.55. The van der Waals surface area contributed by atoms with Crippen molar-refractivity contribution in [2.45, 2.75) is 236 Å². The third-order valence-electron chi connectivity index (χ3n) is 10.9. The lowest BCUT2D eigenvalue weighted by atomic mass is 9.99. The molecular weight excluding hydrogens is 711 g/mol. The summed E-state index contributed by atoms with van der Waals surface area (Å²) in [4.78, 5) is 13.0. The number of hydrogen-bond acceptors (Lipinski definition) is 9. The molecule has 0 radical (unpaired) electrons. The van der Waals surface area contributed by atoms with Crippen LogP contribution in [0.3, 0.4) is 0 Å². The van der Waals surface area contributed by atoms with E-state index in [0.717, 1.165) is 32.1 Å². The molecule has 1 saturated heterocycles. The summed E-state index contributed by atoms with van der Waals surface area (Å²) >= 11 is 0. The normalized spacial score (nSPS) is 22.0. The summed E-state index contributed by atoms with van der Waals surface area (Å²) in [5.74, 6) is -0.632. The van der Waals surface area contributed by atoms with Crippen molar-refractivity contribution < 1.29 is 44.9 Å². The number of rotatable bonds is 37. The number of unbranched alkanes of at least 4 members (excludes halogenated alkanes) is 23. The molecule has 1 fully saturated rings. The van der Waals surface area contributed by atoms with E-state index < -0.39 is 61.5 Å². The molecule has 1 heterocycles. The Morgan fingerprint density at radius 1 is 0.625 bits per heavy atom. The molecule has 0 bridgehead atoms. The van der Waals surface area contributed by atoms with Crippen LogP contribution in [0, 0.1) is 0 Å². The monoisotopic (exact) mass is 796 g/mol. The van der Waals surface area contributed by atoms with Gasteiger partial charge in [-0.3, -0.25) is 4.79 Å². The predicted octanol–water partition coefficient (Wildman–Crippen LogP) is 8.25. The van der Waals surface area contributed by atoms with Crippen LogP contribution in [-0.4, -0.2) is 98.7 Å². The zero-order valence-electron chi connectivity index (χ0n) is 35.5.